The van der Waals surface area contributed by atoms with E-state index in [1.165, 1.54) is 19.3 Å². The lowest BCUT2D eigenvalue weighted by Gasteiger charge is -2.43. The van der Waals surface area contributed by atoms with Gasteiger partial charge in [-0.15, -0.1) is 0 Å². The van der Waals surface area contributed by atoms with Crippen molar-refractivity contribution in [2.45, 2.75) is 44.2 Å². The number of hydrogen-bond acceptors (Lipinski definition) is 7. The molecular formula is C24H32N8. The van der Waals surface area contributed by atoms with Gasteiger partial charge in [-0.2, -0.15) is 4.98 Å². The van der Waals surface area contributed by atoms with E-state index in [4.69, 9.17) is 6.35 Å². The number of nitrogens with zero attached hydrogens (tertiary/aromatic N) is 6. The van der Waals surface area contributed by atoms with Crippen LogP contribution in [-0.2, 0) is 12.1 Å². The monoisotopic (exact) mass is 433 g/mol. The minimum atomic E-state index is -0.424. The van der Waals surface area contributed by atoms with E-state index in [9.17, 15) is 0 Å². The number of pyridine rings is 1. The third kappa shape index (κ3) is 3.51. The third-order valence-electron chi connectivity index (χ3n) is 7.37. The van der Waals surface area contributed by atoms with Gasteiger partial charge in [0, 0.05) is 57.9 Å². The molecule has 0 aromatic carbocycles. The summed E-state index contributed by atoms with van der Waals surface area (Å²) in [5.74, 6) is 1.29. The number of fused-ring (bicyclic) bond motifs is 4. The molecule has 1 saturated carbocycles. The van der Waals surface area contributed by atoms with Gasteiger partial charge in [0.1, 0.15) is 11.5 Å². The zero-order chi connectivity index (χ0) is 22.4. The predicted octanol–water partition coefficient (Wildman–Crippen LogP) is 3.08. The molecule has 8 heteroatoms. The van der Waals surface area contributed by atoms with E-state index in [0.29, 0.717) is 5.95 Å². The molecule has 2 N–H and O–H groups in total. The second-order valence-corrected chi connectivity index (χ2v) is 9.50. The Bertz CT molecular complexity index is 1130. The first kappa shape index (κ1) is 18.8. The second kappa shape index (κ2) is 8.01. The molecule has 32 heavy (non-hydrogen) atoms. The summed E-state index contributed by atoms with van der Waals surface area (Å²) in [6.45, 7) is 4.61. The fourth-order valence-corrected chi connectivity index (χ4v) is 5.54. The minimum Gasteiger partial charge on any atom is -0.368 e. The van der Waals surface area contributed by atoms with E-state index in [0.717, 1.165) is 73.8 Å². The van der Waals surface area contributed by atoms with Crippen molar-refractivity contribution in [3.05, 3.63) is 36.3 Å². The van der Waals surface area contributed by atoms with Gasteiger partial charge in [0.2, 0.25) is 5.95 Å². The molecular weight excluding hydrogens is 400 g/mol. The largest absolute Gasteiger partial charge is 0.368 e. The van der Waals surface area contributed by atoms with Crippen molar-refractivity contribution < 1.29 is 1.37 Å². The zero-order valence-corrected chi connectivity index (χ0v) is 18.7. The van der Waals surface area contributed by atoms with Crippen LogP contribution in [0.15, 0.2) is 30.6 Å². The van der Waals surface area contributed by atoms with Crippen molar-refractivity contribution >= 4 is 28.5 Å². The molecule has 1 atom stereocenters. The smallest absolute Gasteiger partial charge is 0.230 e. The fraction of sp³-hybridized carbons (Fsp3) is 0.542. The Morgan fingerprint density at radius 2 is 1.91 bits per heavy atom. The van der Waals surface area contributed by atoms with E-state index in [2.05, 4.69) is 54.1 Å². The standard InChI is InChI=1S/C24H32N8/c1-30-9-11-31(12-10-30)19-5-6-21(26-16-19)28-23-27-14-18-13-20-15-25-17-24(7-3-2-4-8-24)32(20)22(18)29-23/h5-6,13-14,16,25H,2-4,7-12,15,17H2,1H3,(H,26,27,28,29)/i15D. The van der Waals surface area contributed by atoms with Crippen molar-refractivity contribution in [3.63, 3.8) is 0 Å². The number of nitrogens with one attached hydrogen (secondary N) is 2. The Hall–Kier alpha value is -2.71. The van der Waals surface area contributed by atoms with E-state index >= 15 is 0 Å². The Morgan fingerprint density at radius 1 is 1.06 bits per heavy atom. The summed E-state index contributed by atoms with van der Waals surface area (Å²) < 4.78 is 10.9. The molecule has 6 rings (SSSR count). The summed E-state index contributed by atoms with van der Waals surface area (Å²) in [7, 11) is 2.17. The summed E-state index contributed by atoms with van der Waals surface area (Å²) >= 11 is 0. The Balaban J connectivity index is 1.28. The molecule has 0 amide bonds. The second-order valence-electron chi connectivity index (χ2n) is 9.50. The molecule has 2 aliphatic heterocycles. The maximum atomic E-state index is 8.52. The van der Waals surface area contributed by atoms with Gasteiger partial charge in [-0.1, -0.05) is 19.3 Å². The van der Waals surface area contributed by atoms with Gasteiger partial charge in [0.05, 0.1) is 17.4 Å². The van der Waals surface area contributed by atoms with Crippen molar-refractivity contribution in [2.75, 3.05) is 50.0 Å². The molecule has 1 spiro atoms. The molecule has 168 valence electrons. The molecule has 0 radical (unpaired) electrons. The molecule has 2 fully saturated rings. The summed E-state index contributed by atoms with van der Waals surface area (Å²) in [5, 5.41) is 7.71. The molecule has 3 aromatic rings. The predicted molar refractivity (Wildman–Crippen MR) is 128 cm³/mol. The van der Waals surface area contributed by atoms with Gasteiger partial charge < -0.3 is 25.0 Å². The van der Waals surface area contributed by atoms with Gasteiger partial charge in [-0.25, -0.2) is 9.97 Å². The lowest BCUT2D eigenvalue weighted by atomic mass is 9.80. The topological polar surface area (TPSA) is 74.1 Å². The number of likely N-dealkylation sites (N-methyl/N-ethyl adjacent to an activating group) is 1. The lowest BCUT2D eigenvalue weighted by molar-refractivity contribution is 0.168. The highest BCUT2D eigenvalue weighted by Gasteiger charge is 2.38. The van der Waals surface area contributed by atoms with Crippen molar-refractivity contribution in [1.82, 2.24) is 29.7 Å². The van der Waals surface area contributed by atoms with E-state index in [1.54, 1.807) is 0 Å². The van der Waals surface area contributed by atoms with Gasteiger partial charge in [-0.05, 0) is 38.1 Å². The number of rotatable bonds is 3. The Labute approximate surface area is 190 Å². The molecule has 0 bridgehead atoms. The average Bonchev–Trinajstić information content (AvgIpc) is 3.24. The molecule has 1 saturated heterocycles. The van der Waals surface area contributed by atoms with Gasteiger partial charge in [-0.3, -0.25) is 0 Å². The quantitative estimate of drug-likeness (QED) is 0.657. The number of hydrogen-bond donors (Lipinski definition) is 2. The van der Waals surface area contributed by atoms with E-state index < -0.39 is 6.52 Å². The van der Waals surface area contributed by atoms with Gasteiger partial charge >= 0.3 is 0 Å². The fourth-order valence-electron chi connectivity index (χ4n) is 5.54. The van der Waals surface area contributed by atoms with Crippen LogP contribution < -0.4 is 15.5 Å². The number of anilines is 3. The van der Waals surface area contributed by atoms with Crippen LogP contribution in [0.5, 0.6) is 0 Å². The Kier molecular flexibility index (Phi) is 4.71. The van der Waals surface area contributed by atoms with Crippen LogP contribution in [0.2, 0.25) is 0 Å². The highest BCUT2D eigenvalue weighted by Crippen LogP contribution is 2.40. The summed E-state index contributed by atoms with van der Waals surface area (Å²) in [6, 6.07) is 6.20. The van der Waals surface area contributed by atoms with Crippen LogP contribution in [0, 0.1) is 0 Å². The zero-order valence-electron chi connectivity index (χ0n) is 19.7. The number of piperazine rings is 1. The van der Waals surface area contributed by atoms with Gasteiger partial charge in [0.25, 0.3) is 0 Å². The van der Waals surface area contributed by atoms with Crippen LogP contribution in [0.1, 0.15) is 39.2 Å². The molecule has 5 heterocycles. The van der Waals surface area contributed by atoms with Crippen LogP contribution in [-0.4, -0.2) is 64.2 Å². The SMILES string of the molecule is [2H]C1NCC2(CCCCC2)n2c1cc1cnc(Nc3ccc(N4CCN(C)CC4)cn3)nc12. The molecule has 1 aliphatic carbocycles. The third-order valence-corrected chi connectivity index (χ3v) is 7.37. The highest BCUT2D eigenvalue weighted by molar-refractivity contribution is 5.78. The van der Waals surface area contributed by atoms with E-state index in [-0.39, 0.29) is 5.54 Å². The first-order valence-corrected chi connectivity index (χ1v) is 11.8. The average molecular weight is 434 g/mol. The van der Waals surface area contributed by atoms with Gasteiger partial charge in [0.15, 0.2) is 0 Å². The van der Waals surface area contributed by atoms with Crippen LogP contribution >= 0.6 is 0 Å². The highest BCUT2D eigenvalue weighted by atomic mass is 15.3. The first-order valence-electron chi connectivity index (χ1n) is 12.4. The number of aromatic nitrogens is 4. The summed E-state index contributed by atoms with van der Waals surface area (Å²) in [4.78, 5) is 18.8. The van der Waals surface area contributed by atoms with Crippen LogP contribution in [0.4, 0.5) is 17.5 Å². The Morgan fingerprint density at radius 3 is 2.69 bits per heavy atom. The van der Waals surface area contributed by atoms with Crippen LogP contribution in [0.3, 0.4) is 0 Å². The minimum absolute atomic E-state index is 0.0148. The van der Waals surface area contributed by atoms with Crippen molar-refractivity contribution in [2.24, 2.45) is 0 Å². The maximum absolute atomic E-state index is 8.52. The van der Waals surface area contributed by atoms with Crippen molar-refractivity contribution in [3.8, 4) is 0 Å². The maximum Gasteiger partial charge on any atom is 0.230 e. The van der Waals surface area contributed by atoms with E-state index in [1.807, 2.05) is 18.5 Å². The normalized spacial score (nSPS) is 23.8. The summed E-state index contributed by atoms with van der Waals surface area (Å²) in [5.41, 5.74) is 3.09. The molecule has 8 nitrogen and oxygen atoms in total. The molecule has 3 aliphatic rings. The van der Waals surface area contributed by atoms with Crippen molar-refractivity contribution in [1.29, 1.82) is 0 Å². The lowest BCUT2D eigenvalue weighted by Crippen LogP contribution is -2.49. The first-order chi connectivity index (χ1) is 16.1. The van der Waals surface area contributed by atoms with Crippen LogP contribution in [0.25, 0.3) is 11.0 Å². The summed E-state index contributed by atoms with van der Waals surface area (Å²) in [6.07, 6.45) is 9.80. The molecule has 1 unspecified atom stereocenters. The molecule has 3 aromatic heterocycles.